The Morgan fingerprint density at radius 3 is 2.41 bits per heavy atom. The second kappa shape index (κ2) is 10.0. The van der Waals surface area contributed by atoms with Gasteiger partial charge in [0.2, 0.25) is 0 Å². The molecule has 0 aromatic rings. The molecule has 1 atom stereocenters. The van der Waals surface area contributed by atoms with Crippen LogP contribution in [0, 0.1) is 0 Å². The Kier molecular flexibility index (Phi) is 9.37. The van der Waals surface area contributed by atoms with E-state index in [2.05, 4.69) is 0 Å². The van der Waals surface area contributed by atoms with Gasteiger partial charge in [0.15, 0.2) is 6.10 Å². The molecule has 0 aromatic carbocycles. The number of rotatable bonds is 11. The van der Waals surface area contributed by atoms with Crippen LogP contribution < -0.4 is 0 Å². The Hall–Kier alpha value is -1.14. The number of hydrogen-bond donors (Lipinski definition) is 2. The highest BCUT2D eigenvalue weighted by Gasteiger charge is 2.18. The van der Waals surface area contributed by atoms with Gasteiger partial charge in [-0.15, -0.1) is 0 Å². The van der Waals surface area contributed by atoms with Crippen molar-refractivity contribution in [1.82, 2.24) is 0 Å². The molecule has 0 bridgehead atoms. The van der Waals surface area contributed by atoms with Crippen LogP contribution in [0.4, 0.5) is 0 Å². The topological polar surface area (TPSA) is 93.1 Å². The van der Waals surface area contributed by atoms with Crippen LogP contribution in [-0.2, 0) is 19.4 Å². The minimum Gasteiger partial charge on any atom is -0.481 e. The van der Waals surface area contributed by atoms with E-state index in [4.69, 9.17) is 20.0 Å². The van der Waals surface area contributed by atoms with Gasteiger partial charge in [-0.3, -0.25) is 4.79 Å². The predicted molar refractivity (Wildman–Crippen MR) is 59.5 cm³/mol. The van der Waals surface area contributed by atoms with Gasteiger partial charge < -0.3 is 10.2 Å². The molecule has 0 aliphatic rings. The van der Waals surface area contributed by atoms with Crippen LogP contribution in [0.25, 0.3) is 0 Å². The van der Waals surface area contributed by atoms with Crippen molar-refractivity contribution in [1.29, 1.82) is 0 Å². The van der Waals surface area contributed by atoms with Gasteiger partial charge in [0.25, 0.3) is 0 Å². The second-order valence-corrected chi connectivity index (χ2v) is 3.74. The van der Waals surface area contributed by atoms with Gasteiger partial charge in [-0.25, -0.2) is 14.6 Å². The fraction of sp³-hybridized carbons (Fsp3) is 0.818. The number of aliphatic carboxylic acids is 2. The normalized spacial score (nSPS) is 12.3. The van der Waals surface area contributed by atoms with E-state index in [9.17, 15) is 9.59 Å². The summed E-state index contributed by atoms with van der Waals surface area (Å²) in [5.74, 6) is -1.89. The smallest absolute Gasteiger partial charge is 0.336 e. The van der Waals surface area contributed by atoms with Crippen LogP contribution in [0.5, 0.6) is 0 Å². The molecule has 0 heterocycles. The summed E-state index contributed by atoms with van der Waals surface area (Å²) in [5, 5.41) is 17.2. The summed E-state index contributed by atoms with van der Waals surface area (Å²) in [5.41, 5.74) is 0. The third-order valence-electron chi connectivity index (χ3n) is 2.10. The molecule has 0 aliphatic carbocycles. The molecule has 6 heteroatoms. The molecule has 6 nitrogen and oxygen atoms in total. The number of carbonyl (C=O) groups is 2. The summed E-state index contributed by atoms with van der Waals surface area (Å²) < 4.78 is 0. The zero-order valence-corrected chi connectivity index (χ0v) is 10.1. The quantitative estimate of drug-likeness (QED) is 0.329. The van der Waals surface area contributed by atoms with Gasteiger partial charge in [0.1, 0.15) is 0 Å². The minimum atomic E-state index is -1.06. The van der Waals surface area contributed by atoms with Crippen LogP contribution in [0.2, 0.25) is 0 Å². The second-order valence-electron chi connectivity index (χ2n) is 3.74. The fourth-order valence-corrected chi connectivity index (χ4v) is 1.21. The lowest BCUT2D eigenvalue weighted by Crippen LogP contribution is -2.24. The van der Waals surface area contributed by atoms with Crippen LogP contribution in [0.1, 0.15) is 45.4 Å². The standard InChI is InChI=1S/C11H20O6/c1-2-8-16-17-9(11(14)15)6-4-3-5-7-10(12)13/h9H,2-8H2,1H3,(H,12,13)(H,14,15). The average Bonchev–Trinajstić information content (AvgIpc) is 2.25. The highest BCUT2D eigenvalue weighted by atomic mass is 17.2. The summed E-state index contributed by atoms with van der Waals surface area (Å²) >= 11 is 0. The molecule has 0 rings (SSSR count). The predicted octanol–water partition coefficient (Wildman–Crippen LogP) is 1.83. The Labute approximate surface area is 100 Å². The minimum absolute atomic E-state index is 0.116. The number of carboxylic acid groups (broad SMARTS) is 2. The summed E-state index contributed by atoms with van der Waals surface area (Å²) in [6.45, 7) is 2.26. The Bertz CT molecular complexity index is 228. The zero-order valence-electron chi connectivity index (χ0n) is 10.1. The number of carboxylic acids is 2. The first kappa shape index (κ1) is 15.9. The summed E-state index contributed by atoms with van der Waals surface area (Å²) in [6, 6.07) is 0. The summed E-state index contributed by atoms with van der Waals surface area (Å²) in [4.78, 5) is 30.5. The SMILES string of the molecule is CCCOOC(CCCCCC(=O)O)C(=O)O. The van der Waals surface area contributed by atoms with Crippen molar-refractivity contribution in [3.63, 3.8) is 0 Å². The Morgan fingerprint density at radius 2 is 1.88 bits per heavy atom. The van der Waals surface area contributed by atoms with E-state index in [-0.39, 0.29) is 6.42 Å². The molecule has 0 amide bonds. The van der Waals surface area contributed by atoms with E-state index >= 15 is 0 Å². The highest BCUT2D eigenvalue weighted by molar-refractivity contribution is 5.72. The molecule has 0 spiro atoms. The van der Waals surface area contributed by atoms with Crippen LogP contribution in [-0.4, -0.2) is 34.9 Å². The third kappa shape index (κ3) is 9.77. The lowest BCUT2D eigenvalue weighted by molar-refractivity contribution is -0.320. The first-order chi connectivity index (χ1) is 8.07. The van der Waals surface area contributed by atoms with Crippen molar-refractivity contribution < 1.29 is 29.6 Å². The van der Waals surface area contributed by atoms with E-state index in [0.717, 1.165) is 6.42 Å². The van der Waals surface area contributed by atoms with E-state index in [0.29, 0.717) is 32.3 Å². The van der Waals surface area contributed by atoms with Crippen molar-refractivity contribution in [3.8, 4) is 0 Å². The van der Waals surface area contributed by atoms with Crippen molar-refractivity contribution in [2.75, 3.05) is 6.61 Å². The number of unbranched alkanes of at least 4 members (excludes halogenated alkanes) is 2. The van der Waals surface area contributed by atoms with Crippen LogP contribution in [0.3, 0.4) is 0 Å². The molecule has 100 valence electrons. The molecule has 0 aromatic heterocycles. The maximum absolute atomic E-state index is 10.8. The maximum Gasteiger partial charge on any atom is 0.336 e. The van der Waals surface area contributed by atoms with Crippen molar-refractivity contribution in [2.45, 2.75) is 51.6 Å². The van der Waals surface area contributed by atoms with E-state index in [1.165, 1.54) is 0 Å². The fourth-order valence-electron chi connectivity index (χ4n) is 1.21. The lowest BCUT2D eigenvalue weighted by Gasteiger charge is -2.11. The van der Waals surface area contributed by atoms with E-state index in [1.807, 2.05) is 6.92 Å². The molecule has 0 saturated heterocycles. The molecule has 17 heavy (non-hydrogen) atoms. The molecular formula is C11H20O6. The summed E-state index contributed by atoms with van der Waals surface area (Å²) in [7, 11) is 0. The van der Waals surface area contributed by atoms with Gasteiger partial charge in [-0.2, -0.15) is 0 Å². The zero-order chi connectivity index (χ0) is 13.1. The average molecular weight is 248 g/mol. The molecule has 2 N–H and O–H groups in total. The Morgan fingerprint density at radius 1 is 1.18 bits per heavy atom. The van der Waals surface area contributed by atoms with E-state index < -0.39 is 18.0 Å². The van der Waals surface area contributed by atoms with Crippen LogP contribution in [0.15, 0.2) is 0 Å². The number of hydrogen-bond acceptors (Lipinski definition) is 4. The van der Waals surface area contributed by atoms with Gasteiger partial charge in [-0.05, 0) is 19.3 Å². The molecule has 0 aliphatic heterocycles. The first-order valence-corrected chi connectivity index (χ1v) is 5.80. The molecule has 1 unspecified atom stereocenters. The van der Waals surface area contributed by atoms with Crippen LogP contribution >= 0.6 is 0 Å². The van der Waals surface area contributed by atoms with Gasteiger partial charge in [0, 0.05) is 6.42 Å². The molecule has 0 fully saturated rings. The molecular weight excluding hydrogens is 228 g/mol. The maximum atomic E-state index is 10.8. The van der Waals surface area contributed by atoms with E-state index in [1.54, 1.807) is 0 Å². The van der Waals surface area contributed by atoms with Crippen molar-refractivity contribution >= 4 is 11.9 Å². The third-order valence-corrected chi connectivity index (χ3v) is 2.10. The Balaban J connectivity index is 3.63. The summed E-state index contributed by atoms with van der Waals surface area (Å²) in [6.07, 6.45) is 2.07. The molecule has 0 radical (unpaired) electrons. The van der Waals surface area contributed by atoms with Gasteiger partial charge >= 0.3 is 11.9 Å². The van der Waals surface area contributed by atoms with Gasteiger partial charge in [-0.1, -0.05) is 19.8 Å². The first-order valence-electron chi connectivity index (χ1n) is 5.80. The monoisotopic (exact) mass is 248 g/mol. The molecule has 0 saturated carbocycles. The van der Waals surface area contributed by atoms with Gasteiger partial charge in [0.05, 0.1) is 6.61 Å². The van der Waals surface area contributed by atoms with Crippen molar-refractivity contribution in [2.24, 2.45) is 0 Å². The largest absolute Gasteiger partial charge is 0.481 e. The highest BCUT2D eigenvalue weighted by Crippen LogP contribution is 2.09. The van der Waals surface area contributed by atoms with Crippen molar-refractivity contribution in [3.05, 3.63) is 0 Å². The lowest BCUT2D eigenvalue weighted by atomic mass is 10.1.